The maximum absolute atomic E-state index is 12.7. The van der Waals surface area contributed by atoms with E-state index in [-0.39, 0.29) is 23.4 Å². The molecule has 1 amide bonds. The molecule has 1 fully saturated rings. The molecule has 0 saturated carbocycles. The van der Waals surface area contributed by atoms with E-state index >= 15 is 0 Å². The highest BCUT2D eigenvalue weighted by Crippen LogP contribution is 2.31. The van der Waals surface area contributed by atoms with Crippen molar-refractivity contribution in [2.75, 3.05) is 25.5 Å². The molecule has 1 heterocycles. The summed E-state index contributed by atoms with van der Waals surface area (Å²) in [6, 6.07) is 14.1. The molecule has 1 aliphatic heterocycles. The van der Waals surface area contributed by atoms with Crippen molar-refractivity contribution in [3.05, 3.63) is 54.1 Å². The maximum atomic E-state index is 12.7. The minimum atomic E-state index is -3.82. The number of methoxy groups -OCH3 is 1. The second kappa shape index (κ2) is 9.39. The van der Waals surface area contributed by atoms with Gasteiger partial charge in [-0.25, -0.2) is 13.6 Å². The number of ether oxygens (including phenoxy) is 1. The standard InChI is InChI=1S/C21H27N3O4S/c1-28-18-11-9-16(10-12-18)20-8-3-2-4-13-24(20)15-21(25)23-17-6-5-7-19(14-17)29(22,26)27/h5-7,9-12,14,20H,2-4,8,13,15H2,1H3,(H,23,25)(H2,22,26,27)/t20-/m1/s1. The summed E-state index contributed by atoms with van der Waals surface area (Å²) in [6.07, 6.45) is 4.29. The molecule has 1 aliphatic rings. The molecular formula is C21H27N3O4S. The fraction of sp³-hybridized carbons (Fsp3) is 0.381. The highest BCUT2D eigenvalue weighted by Gasteiger charge is 2.24. The van der Waals surface area contributed by atoms with Gasteiger partial charge in [-0.3, -0.25) is 9.69 Å². The number of sulfonamides is 1. The molecular weight excluding hydrogens is 390 g/mol. The molecule has 3 N–H and O–H groups in total. The van der Waals surface area contributed by atoms with Gasteiger partial charge in [0.2, 0.25) is 15.9 Å². The van der Waals surface area contributed by atoms with Gasteiger partial charge in [-0.15, -0.1) is 0 Å². The Labute approximate surface area is 171 Å². The summed E-state index contributed by atoms with van der Waals surface area (Å²) in [6.45, 7) is 1.07. The summed E-state index contributed by atoms with van der Waals surface area (Å²) in [5.74, 6) is 0.624. The van der Waals surface area contributed by atoms with E-state index < -0.39 is 10.0 Å². The van der Waals surface area contributed by atoms with Gasteiger partial charge >= 0.3 is 0 Å². The number of nitrogens with two attached hydrogens (primary N) is 1. The van der Waals surface area contributed by atoms with Crippen LogP contribution in [0, 0.1) is 0 Å². The van der Waals surface area contributed by atoms with Gasteiger partial charge in [0.1, 0.15) is 5.75 Å². The van der Waals surface area contributed by atoms with Crippen LogP contribution in [-0.4, -0.2) is 39.4 Å². The van der Waals surface area contributed by atoms with Crippen molar-refractivity contribution in [2.45, 2.75) is 36.6 Å². The lowest BCUT2D eigenvalue weighted by Crippen LogP contribution is -2.36. The Morgan fingerprint density at radius 3 is 2.62 bits per heavy atom. The number of anilines is 1. The van der Waals surface area contributed by atoms with Crippen molar-refractivity contribution in [1.82, 2.24) is 4.90 Å². The molecule has 2 aromatic rings. The summed E-state index contributed by atoms with van der Waals surface area (Å²) in [7, 11) is -2.17. The van der Waals surface area contributed by atoms with Gasteiger partial charge in [-0.2, -0.15) is 0 Å². The molecule has 0 aliphatic carbocycles. The van der Waals surface area contributed by atoms with E-state index in [1.807, 2.05) is 12.1 Å². The number of carbonyl (C=O) groups is 1. The summed E-state index contributed by atoms with van der Waals surface area (Å²) < 4.78 is 28.3. The number of primary sulfonamides is 1. The SMILES string of the molecule is COc1ccc([C@H]2CCCCCN2CC(=O)Nc2cccc(S(N)(=O)=O)c2)cc1. The molecule has 0 unspecified atom stereocenters. The lowest BCUT2D eigenvalue weighted by atomic mass is 10.0. The van der Waals surface area contributed by atoms with Crippen LogP contribution in [0.5, 0.6) is 5.75 Å². The Morgan fingerprint density at radius 1 is 1.17 bits per heavy atom. The third-order valence-corrected chi connectivity index (χ3v) is 6.07. The summed E-state index contributed by atoms with van der Waals surface area (Å²) >= 11 is 0. The second-order valence-electron chi connectivity index (χ2n) is 7.23. The minimum Gasteiger partial charge on any atom is -0.497 e. The Hall–Kier alpha value is -2.42. The van der Waals surface area contributed by atoms with Crippen LogP contribution in [0.2, 0.25) is 0 Å². The van der Waals surface area contributed by atoms with E-state index in [1.54, 1.807) is 19.2 Å². The van der Waals surface area contributed by atoms with Crippen molar-refractivity contribution in [3.63, 3.8) is 0 Å². The van der Waals surface area contributed by atoms with Crippen LogP contribution in [0.15, 0.2) is 53.4 Å². The van der Waals surface area contributed by atoms with Gasteiger partial charge < -0.3 is 10.1 Å². The van der Waals surface area contributed by atoms with Gasteiger partial charge in [0.15, 0.2) is 0 Å². The molecule has 8 heteroatoms. The third kappa shape index (κ3) is 5.79. The van der Waals surface area contributed by atoms with Gasteiger partial charge in [-0.05, 0) is 55.3 Å². The first-order valence-electron chi connectivity index (χ1n) is 9.67. The zero-order chi connectivity index (χ0) is 20.9. The fourth-order valence-electron chi connectivity index (χ4n) is 3.70. The van der Waals surface area contributed by atoms with E-state index in [0.717, 1.165) is 43.5 Å². The quantitative estimate of drug-likeness (QED) is 0.752. The zero-order valence-corrected chi connectivity index (χ0v) is 17.3. The number of carbonyl (C=O) groups excluding carboxylic acids is 1. The number of hydrogen-bond acceptors (Lipinski definition) is 5. The van der Waals surface area contributed by atoms with Crippen LogP contribution in [0.3, 0.4) is 0 Å². The van der Waals surface area contributed by atoms with Crippen LogP contribution in [-0.2, 0) is 14.8 Å². The molecule has 29 heavy (non-hydrogen) atoms. The van der Waals surface area contributed by atoms with Crippen LogP contribution in [0.1, 0.15) is 37.3 Å². The Balaban J connectivity index is 1.72. The number of amides is 1. The molecule has 2 aromatic carbocycles. The van der Waals surface area contributed by atoms with Gasteiger partial charge in [0.05, 0.1) is 18.6 Å². The Bertz CT molecular complexity index is 945. The van der Waals surface area contributed by atoms with Crippen molar-refractivity contribution < 1.29 is 17.9 Å². The molecule has 7 nitrogen and oxygen atoms in total. The Kier molecular flexibility index (Phi) is 6.89. The number of nitrogens with zero attached hydrogens (tertiary/aromatic N) is 1. The third-order valence-electron chi connectivity index (χ3n) is 5.16. The Morgan fingerprint density at radius 2 is 1.93 bits per heavy atom. The summed E-state index contributed by atoms with van der Waals surface area (Å²) in [4.78, 5) is 14.8. The zero-order valence-electron chi connectivity index (χ0n) is 16.5. The first kappa shape index (κ1) is 21.3. The normalized spacial score (nSPS) is 18.1. The van der Waals surface area contributed by atoms with E-state index in [4.69, 9.17) is 9.88 Å². The molecule has 0 bridgehead atoms. The van der Waals surface area contributed by atoms with E-state index in [1.165, 1.54) is 12.1 Å². The van der Waals surface area contributed by atoms with E-state index in [2.05, 4.69) is 22.3 Å². The van der Waals surface area contributed by atoms with Crippen LogP contribution in [0.4, 0.5) is 5.69 Å². The molecule has 3 rings (SSSR count). The van der Waals surface area contributed by atoms with E-state index in [9.17, 15) is 13.2 Å². The maximum Gasteiger partial charge on any atom is 0.238 e. The number of hydrogen-bond donors (Lipinski definition) is 2. The summed E-state index contributed by atoms with van der Waals surface area (Å²) in [5.41, 5.74) is 1.58. The van der Waals surface area contributed by atoms with Crippen LogP contribution >= 0.6 is 0 Å². The van der Waals surface area contributed by atoms with Gasteiger partial charge in [0, 0.05) is 11.7 Å². The predicted molar refractivity (Wildman–Crippen MR) is 112 cm³/mol. The van der Waals surface area contributed by atoms with Crippen LogP contribution < -0.4 is 15.2 Å². The number of nitrogens with one attached hydrogen (secondary N) is 1. The monoisotopic (exact) mass is 417 g/mol. The lowest BCUT2D eigenvalue weighted by molar-refractivity contribution is -0.117. The molecule has 0 radical (unpaired) electrons. The number of rotatable bonds is 6. The first-order chi connectivity index (χ1) is 13.9. The topological polar surface area (TPSA) is 102 Å². The lowest BCUT2D eigenvalue weighted by Gasteiger charge is -2.29. The number of benzene rings is 2. The average Bonchev–Trinajstić information content (AvgIpc) is 2.93. The predicted octanol–water partition coefficient (Wildman–Crippen LogP) is 2.90. The van der Waals surface area contributed by atoms with Crippen molar-refractivity contribution in [3.8, 4) is 5.75 Å². The van der Waals surface area contributed by atoms with Crippen LogP contribution in [0.25, 0.3) is 0 Å². The summed E-state index contributed by atoms with van der Waals surface area (Å²) in [5, 5.41) is 7.96. The molecule has 156 valence electrons. The van der Waals surface area contributed by atoms with Crippen molar-refractivity contribution in [2.24, 2.45) is 5.14 Å². The van der Waals surface area contributed by atoms with Crippen molar-refractivity contribution in [1.29, 1.82) is 0 Å². The first-order valence-corrected chi connectivity index (χ1v) is 11.2. The smallest absolute Gasteiger partial charge is 0.238 e. The van der Waals surface area contributed by atoms with E-state index in [0.29, 0.717) is 5.69 Å². The number of likely N-dealkylation sites (tertiary alicyclic amines) is 1. The highest BCUT2D eigenvalue weighted by atomic mass is 32.2. The fourth-order valence-corrected chi connectivity index (χ4v) is 4.26. The molecule has 0 spiro atoms. The van der Waals surface area contributed by atoms with Crippen molar-refractivity contribution >= 4 is 21.6 Å². The second-order valence-corrected chi connectivity index (χ2v) is 8.79. The largest absolute Gasteiger partial charge is 0.497 e. The minimum absolute atomic E-state index is 0.0267. The van der Waals surface area contributed by atoms with Gasteiger partial charge in [-0.1, -0.05) is 31.0 Å². The van der Waals surface area contributed by atoms with Gasteiger partial charge in [0.25, 0.3) is 0 Å². The molecule has 0 aromatic heterocycles. The average molecular weight is 418 g/mol. The highest BCUT2D eigenvalue weighted by molar-refractivity contribution is 7.89. The molecule has 1 atom stereocenters. The molecule has 1 saturated heterocycles.